The first-order chi connectivity index (χ1) is 18.1. The van der Waals surface area contributed by atoms with Crippen molar-refractivity contribution in [1.82, 2.24) is 0 Å². The fourth-order valence-electron chi connectivity index (χ4n) is 6.31. The average molecular weight is 505 g/mol. The van der Waals surface area contributed by atoms with Gasteiger partial charge in [-0.2, -0.15) is 0 Å². The fraction of sp³-hybridized carbons (Fsp3) is 0.235. The molecule has 2 atom stereocenters. The van der Waals surface area contributed by atoms with E-state index in [-0.39, 0.29) is 0 Å². The van der Waals surface area contributed by atoms with E-state index in [1.54, 1.807) is 0 Å². The van der Waals surface area contributed by atoms with Crippen molar-refractivity contribution in [2.75, 3.05) is 19.6 Å². The van der Waals surface area contributed by atoms with E-state index in [1.165, 1.54) is 11.1 Å². The Bertz CT molecular complexity index is 1440. The number of rotatable bonds is 5. The van der Waals surface area contributed by atoms with Crippen molar-refractivity contribution in [1.29, 1.82) is 0 Å². The van der Waals surface area contributed by atoms with E-state index in [0.717, 1.165) is 64.4 Å². The quantitative estimate of drug-likeness (QED) is 0.226. The molecule has 6 rings (SSSR count). The summed E-state index contributed by atoms with van der Waals surface area (Å²) in [6.45, 7) is 3.72. The van der Waals surface area contributed by atoms with Gasteiger partial charge >= 0.3 is 0 Å². The molecular weight excluding hydrogens is 474 g/mol. The van der Waals surface area contributed by atoms with Crippen LogP contribution in [-0.4, -0.2) is 29.2 Å². The Kier molecular flexibility index (Phi) is 6.39. The summed E-state index contributed by atoms with van der Waals surface area (Å²) in [4.78, 5) is 0. The van der Waals surface area contributed by atoms with Gasteiger partial charge in [0, 0.05) is 29.3 Å². The third-order valence-corrected chi connectivity index (χ3v) is 8.58. The van der Waals surface area contributed by atoms with Gasteiger partial charge in [-0.05, 0) is 39.8 Å². The van der Waals surface area contributed by atoms with Gasteiger partial charge in [-0.3, -0.25) is 0 Å². The Morgan fingerprint density at radius 3 is 2.11 bits per heavy atom. The summed E-state index contributed by atoms with van der Waals surface area (Å²) in [6.07, 6.45) is 1.52. The van der Waals surface area contributed by atoms with E-state index >= 15 is 0 Å². The molecule has 1 aliphatic carbocycles. The Labute approximate surface area is 224 Å². The van der Waals surface area contributed by atoms with Gasteiger partial charge in [0.15, 0.2) is 0 Å². The molecule has 1 aliphatic heterocycles. The Morgan fingerprint density at radius 2 is 1.41 bits per heavy atom. The maximum absolute atomic E-state index is 11.9. The number of hydrogen-bond donors (Lipinski definition) is 1. The van der Waals surface area contributed by atoms with E-state index < -0.39 is 5.60 Å². The highest BCUT2D eigenvalue weighted by atomic mass is 35.5. The minimum atomic E-state index is -1.08. The van der Waals surface area contributed by atoms with Gasteiger partial charge in [-0.15, -0.1) is 0 Å². The van der Waals surface area contributed by atoms with Crippen LogP contribution in [0.15, 0.2) is 103 Å². The molecule has 2 aliphatic rings. The lowest BCUT2D eigenvalue weighted by Crippen LogP contribution is -2.45. The molecule has 184 valence electrons. The number of benzene rings is 4. The van der Waals surface area contributed by atoms with Crippen LogP contribution in [-0.2, 0) is 12.1 Å². The number of quaternary nitrogens is 1. The number of halogens is 1. The van der Waals surface area contributed by atoms with E-state index in [1.807, 2.05) is 48.5 Å². The second kappa shape index (κ2) is 9.84. The second-order valence-electron chi connectivity index (χ2n) is 10.5. The number of hydrogen-bond acceptors (Lipinski definition) is 1. The van der Waals surface area contributed by atoms with Crippen LogP contribution < -0.4 is 0 Å². The highest BCUT2D eigenvalue weighted by Crippen LogP contribution is 2.48. The minimum absolute atomic E-state index is 0.384. The Hall–Kier alpha value is -3.35. The summed E-state index contributed by atoms with van der Waals surface area (Å²) in [7, 11) is 0. The molecule has 2 nitrogen and oxygen atoms in total. The molecule has 0 radical (unpaired) electrons. The zero-order valence-electron chi connectivity index (χ0n) is 20.9. The molecule has 0 aromatic heterocycles. The largest absolute Gasteiger partial charge is 0.379 e. The summed E-state index contributed by atoms with van der Waals surface area (Å²) in [5.74, 6) is 7.44. The lowest BCUT2D eigenvalue weighted by molar-refractivity contribution is -0.923. The molecule has 4 aromatic rings. The van der Waals surface area contributed by atoms with Crippen LogP contribution in [0, 0.1) is 11.8 Å². The van der Waals surface area contributed by atoms with Crippen molar-refractivity contribution < 1.29 is 9.59 Å². The molecular formula is C34H31ClNO+. The number of fused-ring (bicyclic) bond motifs is 3. The Morgan fingerprint density at radius 1 is 0.784 bits per heavy atom. The maximum atomic E-state index is 11.9. The second-order valence-corrected chi connectivity index (χ2v) is 10.9. The van der Waals surface area contributed by atoms with Gasteiger partial charge < -0.3 is 9.59 Å². The molecule has 4 aromatic carbocycles. The van der Waals surface area contributed by atoms with Crippen molar-refractivity contribution in [3.05, 3.63) is 130 Å². The van der Waals surface area contributed by atoms with Gasteiger partial charge in [0.1, 0.15) is 18.7 Å². The van der Waals surface area contributed by atoms with Crippen molar-refractivity contribution in [3.63, 3.8) is 0 Å². The predicted molar refractivity (Wildman–Crippen MR) is 151 cm³/mol. The lowest BCUT2D eigenvalue weighted by atomic mass is 9.88. The first kappa shape index (κ1) is 24.0. The number of aliphatic hydroxyl groups is 1. The molecule has 0 amide bonds. The highest BCUT2D eigenvalue weighted by molar-refractivity contribution is 6.31. The van der Waals surface area contributed by atoms with Crippen molar-refractivity contribution >= 4 is 11.6 Å². The smallest absolute Gasteiger partial charge is 0.141 e. The van der Waals surface area contributed by atoms with E-state index in [4.69, 9.17) is 11.6 Å². The molecule has 1 fully saturated rings. The molecule has 1 N–H and O–H groups in total. The van der Waals surface area contributed by atoms with Gasteiger partial charge in [-0.1, -0.05) is 115 Å². The van der Waals surface area contributed by atoms with Gasteiger partial charge in [-0.25, -0.2) is 0 Å². The predicted octanol–water partition coefficient (Wildman–Crippen LogP) is 7.15. The standard InChI is InChI=1S/C34H31ClNO/c35-33-19-9-4-14-28(33)25-36(23-20-27(24-36)26-12-2-1-3-13-26)22-11-10-21-34(37)31-17-7-5-15-29(31)30-16-6-8-18-32(30)34/h1-9,12-19,27,37H,20-25H2/q+1/t27-,36-/m1/s1. The molecule has 37 heavy (non-hydrogen) atoms. The monoisotopic (exact) mass is 504 g/mol. The summed E-state index contributed by atoms with van der Waals surface area (Å²) >= 11 is 6.60. The molecule has 0 bridgehead atoms. The zero-order chi connectivity index (χ0) is 25.3. The zero-order valence-corrected chi connectivity index (χ0v) is 21.7. The van der Waals surface area contributed by atoms with E-state index in [2.05, 4.69) is 66.4 Å². The van der Waals surface area contributed by atoms with E-state index in [9.17, 15) is 5.11 Å². The summed E-state index contributed by atoms with van der Waals surface area (Å²) in [6, 6.07) is 35.3. The molecule has 0 unspecified atom stereocenters. The lowest BCUT2D eigenvalue weighted by Gasteiger charge is -2.33. The van der Waals surface area contributed by atoms with Crippen LogP contribution in [0.25, 0.3) is 11.1 Å². The van der Waals surface area contributed by atoms with Crippen molar-refractivity contribution in [3.8, 4) is 23.0 Å². The van der Waals surface area contributed by atoms with E-state index in [0.29, 0.717) is 12.3 Å². The molecule has 0 saturated carbocycles. The van der Waals surface area contributed by atoms with Crippen LogP contribution >= 0.6 is 11.6 Å². The van der Waals surface area contributed by atoms with Crippen molar-refractivity contribution in [2.24, 2.45) is 0 Å². The van der Waals surface area contributed by atoms with Crippen LogP contribution in [0.4, 0.5) is 0 Å². The average Bonchev–Trinajstić information content (AvgIpc) is 3.47. The third kappa shape index (κ3) is 4.49. The molecule has 1 saturated heterocycles. The van der Waals surface area contributed by atoms with Gasteiger partial charge in [0.05, 0.1) is 13.1 Å². The highest BCUT2D eigenvalue weighted by Gasteiger charge is 2.41. The molecule has 0 spiro atoms. The minimum Gasteiger partial charge on any atom is -0.379 e. The van der Waals surface area contributed by atoms with Gasteiger partial charge in [0.2, 0.25) is 0 Å². The molecule has 1 heterocycles. The number of nitrogens with zero attached hydrogens (tertiary/aromatic N) is 1. The topological polar surface area (TPSA) is 20.2 Å². The van der Waals surface area contributed by atoms with Crippen LogP contribution in [0.3, 0.4) is 0 Å². The summed E-state index contributed by atoms with van der Waals surface area (Å²) < 4.78 is 0.891. The van der Waals surface area contributed by atoms with Crippen LogP contribution in [0.2, 0.25) is 5.02 Å². The fourth-order valence-corrected chi connectivity index (χ4v) is 6.51. The summed E-state index contributed by atoms with van der Waals surface area (Å²) in [5, 5.41) is 12.7. The normalized spacial score (nSPS) is 21.1. The van der Waals surface area contributed by atoms with Crippen LogP contribution in [0.5, 0.6) is 0 Å². The number of likely N-dealkylation sites (tertiary alicyclic amines) is 1. The van der Waals surface area contributed by atoms with Gasteiger partial charge in [0.25, 0.3) is 0 Å². The third-order valence-electron chi connectivity index (χ3n) is 8.21. The van der Waals surface area contributed by atoms with Crippen molar-refractivity contribution in [2.45, 2.75) is 30.9 Å². The molecule has 3 heteroatoms. The maximum Gasteiger partial charge on any atom is 0.141 e. The first-order valence-electron chi connectivity index (χ1n) is 13.1. The summed E-state index contributed by atoms with van der Waals surface area (Å²) in [5.41, 5.74) is 5.63. The Balaban J connectivity index is 1.27. The SMILES string of the molecule is OC1(CC#CC[N@@+]2(Cc3ccccc3Cl)CC[C@@H](c3ccccc3)C2)c2ccccc2-c2ccccc21. The van der Waals surface area contributed by atoms with Crippen LogP contribution in [0.1, 0.15) is 41.0 Å². The first-order valence-corrected chi connectivity index (χ1v) is 13.5.